The first-order valence-electron chi connectivity index (χ1n) is 5.55. The van der Waals surface area contributed by atoms with Crippen molar-refractivity contribution in [2.75, 3.05) is 0 Å². The van der Waals surface area contributed by atoms with Gasteiger partial charge in [0.25, 0.3) is 0 Å². The summed E-state index contributed by atoms with van der Waals surface area (Å²) in [4.78, 5) is 2.46. The first-order valence-corrected chi connectivity index (χ1v) is 6.36. The molecule has 1 aliphatic carbocycles. The summed E-state index contributed by atoms with van der Waals surface area (Å²) < 4.78 is 0. The summed E-state index contributed by atoms with van der Waals surface area (Å²) in [6, 6.07) is 10.3. The standard InChI is InChI=1S/C14H16OS/c1-11-7-8-13(9-10-14(11)15)16-12-5-3-2-4-6-12/h2-9,11,14-15H,10H2,1H3/t11-,14-/m1/s1. The van der Waals surface area contributed by atoms with Crippen molar-refractivity contribution in [1.82, 2.24) is 0 Å². The van der Waals surface area contributed by atoms with Crippen molar-refractivity contribution in [2.45, 2.75) is 24.3 Å². The van der Waals surface area contributed by atoms with Crippen LogP contribution in [0.4, 0.5) is 0 Å². The van der Waals surface area contributed by atoms with Crippen LogP contribution in [0.15, 0.2) is 58.4 Å². The van der Waals surface area contributed by atoms with Crippen LogP contribution in [-0.4, -0.2) is 11.2 Å². The van der Waals surface area contributed by atoms with Gasteiger partial charge in [-0.1, -0.05) is 55.1 Å². The second-order valence-electron chi connectivity index (χ2n) is 4.04. The Morgan fingerprint density at radius 1 is 1.25 bits per heavy atom. The molecule has 1 aromatic carbocycles. The number of thioether (sulfide) groups is 1. The maximum atomic E-state index is 9.74. The zero-order chi connectivity index (χ0) is 11.4. The van der Waals surface area contributed by atoms with Gasteiger partial charge in [-0.2, -0.15) is 0 Å². The van der Waals surface area contributed by atoms with E-state index in [1.165, 1.54) is 9.80 Å². The zero-order valence-corrected chi connectivity index (χ0v) is 10.2. The Hall–Kier alpha value is -0.990. The SMILES string of the molecule is C[C@@H]1C=CC(Sc2ccccc2)=CC[C@H]1O. The lowest BCUT2D eigenvalue weighted by molar-refractivity contribution is 0.141. The third kappa shape index (κ3) is 3.00. The molecule has 1 N–H and O–H groups in total. The molecule has 0 spiro atoms. The van der Waals surface area contributed by atoms with Crippen molar-refractivity contribution in [3.05, 3.63) is 53.5 Å². The maximum Gasteiger partial charge on any atom is 0.0635 e. The van der Waals surface area contributed by atoms with Crippen LogP contribution in [0.5, 0.6) is 0 Å². The summed E-state index contributed by atoms with van der Waals surface area (Å²) in [5.41, 5.74) is 0. The van der Waals surface area contributed by atoms with E-state index in [0.717, 1.165) is 6.42 Å². The van der Waals surface area contributed by atoms with Crippen LogP contribution in [-0.2, 0) is 0 Å². The molecule has 0 fully saturated rings. The average molecular weight is 232 g/mol. The summed E-state index contributed by atoms with van der Waals surface area (Å²) >= 11 is 1.75. The van der Waals surface area contributed by atoms with Crippen molar-refractivity contribution in [2.24, 2.45) is 5.92 Å². The minimum atomic E-state index is -0.245. The third-order valence-corrected chi connectivity index (χ3v) is 3.76. The topological polar surface area (TPSA) is 20.2 Å². The normalized spacial score (nSPS) is 25.0. The molecule has 2 atom stereocenters. The average Bonchev–Trinajstić information content (AvgIpc) is 2.46. The van der Waals surface area contributed by atoms with Gasteiger partial charge < -0.3 is 5.11 Å². The molecule has 0 heterocycles. The molecule has 0 amide bonds. The van der Waals surface area contributed by atoms with E-state index < -0.39 is 0 Å². The Labute approximate surface area is 101 Å². The smallest absolute Gasteiger partial charge is 0.0635 e. The number of hydrogen-bond acceptors (Lipinski definition) is 2. The molecule has 2 heteroatoms. The van der Waals surface area contributed by atoms with Gasteiger partial charge in [0.15, 0.2) is 0 Å². The number of aliphatic hydroxyl groups is 1. The Morgan fingerprint density at radius 3 is 2.75 bits per heavy atom. The molecule has 16 heavy (non-hydrogen) atoms. The largest absolute Gasteiger partial charge is 0.392 e. The summed E-state index contributed by atoms with van der Waals surface area (Å²) in [6.07, 6.45) is 6.80. The molecule has 0 saturated heterocycles. The van der Waals surface area contributed by atoms with Crippen LogP contribution >= 0.6 is 11.8 Å². The second-order valence-corrected chi connectivity index (χ2v) is 5.19. The summed E-state index contributed by atoms with van der Waals surface area (Å²) in [6.45, 7) is 2.05. The van der Waals surface area contributed by atoms with E-state index in [9.17, 15) is 5.11 Å². The Morgan fingerprint density at radius 2 is 2.00 bits per heavy atom. The van der Waals surface area contributed by atoms with Gasteiger partial charge in [0.1, 0.15) is 0 Å². The van der Waals surface area contributed by atoms with E-state index in [4.69, 9.17) is 0 Å². The van der Waals surface area contributed by atoms with Crippen LogP contribution in [0.25, 0.3) is 0 Å². The van der Waals surface area contributed by atoms with Crippen molar-refractivity contribution in [3.8, 4) is 0 Å². The molecular formula is C14H16OS. The number of allylic oxidation sites excluding steroid dienone is 1. The van der Waals surface area contributed by atoms with Gasteiger partial charge in [-0.15, -0.1) is 0 Å². The van der Waals surface area contributed by atoms with Crippen molar-refractivity contribution in [1.29, 1.82) is 0 Å². The lowest BCUT2D eigenvalue weighted by atomic mass is 10.0. The van der Waals surface area contributed by atoms with Crippen LogP contribution < -0.4 is 0 Å². The quantitative estimate of drug-likeness (QED) is 0.840. The predicted molar refractivity (Wildman–Crippen MR) is 69.3 cm³/mol. The van der Waals surface area contributed by atoms with Crippen LogP contribution in [0.3, 0.4) is 0 Å². The first kappa shape index (κ1) is 11.5. The van der Waals surface area contributed by atoms with Crippen LogP contribution in [0, 0.1) is 5.92 Å². The number of hydrogen-bond donors (Lipinski definition) is 1. The molecule has 0 saturated carbocycles. The second kappa shape index (κ2) is 5.37. The fourth-order valence-corrected chi connectivity index (χ4v) is 2.49. The van der Waals surface area contributed by atoms with Gasteiger partial charge in [0.2, 0.25) is 0 Å². The highest BCUT2D eigenvalue weighted by Crippen LogP contribution is 2.30. The molecular weight excluding hydrogens is 216 g/mol. The highest BCUT2D eigenvalue weighted by atomic mass is 32.2. The zero-order valence-electron chi connectivity index (χ0n) is 9.34. The minimum Gasteiger partial charge on any atom is -0.392 e. The molecule has 0 radical (unpaired) electrons. The highest BCUT2D eigenvalue weighted by molar-refractivity contribution is 8.03. The van der Waals surface area contributed by atoms with Gasteiger partial charge >= 0.3 is 0 Å². The molecule has 0 aliphatic heterocycles. The summed E-state index contributed by atoms with van der Waals surface area (Å²) in [7, 11) is 0. The monoisotopic (exact) mass is 232 g/mol. The van der Waals surface area contributed by atoms with E-state index in [-0.39, 0.29) is 12.0 Å². The summed E-state index contributed by atoms with van der Waals surface area (Å²) in [5, 5.41) is 9.74. The minimum absolute atomic E-state index is 0.241. The van der Waals surface area contributed by atoms with E-state index in [2.05, 4.69) is 30.4 Å². The molecule has 84 valence electrons. The molecule has 0 unspecified atom stereocenters. The van der Waals surface area contributed by atoms with Crippen molar-refractivity contribution >= 4 is 11.8 Å². The van der Waals surface area contributed by atoms with Crippen molar-refractivity contribution < 1.29 is 5.11 Å². The summed E-state index contributed by atoms with van der Waals surface area (Å²) in [5.74, 6) is 0.241. The molecule has 0 aromatic heterocycles. The molecule has 0 bridgehead atoms. The first-order chi connectivity index (χ1) is 7.75. The Kier molecular flexibility index (Phi) is 3.86. The molecule has 1 aliphatic rings. The Balaban J connectivity index is 2.08. The molecule has 1 nitrogen and oxygen atoms in total. The number of rotatable bonds is 2. The lowest BCUT2D eigenvalue weighted by Gasteiger charge is -2.10. The fourth-order valence-electron chi connectivity index (χ4n) is 1.59. The van der Waals surface area contributed by atoms with E-state index in [0.29, 0.717) is 0 Å². The van der Waals surface area contributed by atoms with Gasteiger partial charge in [-0.3, -0.25) is 0 Å². The molecule has 1 aromatic rings. The fraction of sp³-hybridized carbons (Fsp3) is 0.286. The highest BCUT2D eigenvalue weighted by Gasteiger charge is 2.13. The number of aliphatic hydroxyl groups excluding tert-OH is 1. The molecule has 2 rings (SSSR count). The number of benzene rings is 1. The van der Waals surface area contributed by atoms with E-state index in [1.807, 2.05) is 25.1 Å². The van der Waals surface area contributed by atoms with Gasteiger partial charge in [-0.05, 0) is 18.6 Å². The van der Waals surface area contributed by atoms with Gasteiger partial charge in [0.05, 0.1) is 6.10 Å². The Bertz CT molecular complexity index is 394. The third-order valence-electron chi connectivity index (χ3n) is 2.71. The van der Waals surface area contributed by atoms with Gasteiger partial charge in [0, 0.05) is 15.7 Å². The maximum absolute atomic E-state index is 9.74. The van der Waals surface area contributed by atoms with Crippen molar-refractivity contribution in [3.63, 3.8) is 0 Å². The van der Waals surface area contributed by atoms with Gasteiger partial charge in [-0.25, -0.2) is 0 Å². The van der Waals surface area contributed by atoms with Crippen LogP contribution in [0.1, 0.15) is 13.3 Å². The van der Waals surface area contributed by atoms with Crippen LogP contribution in [0.2, 0.25) is 0 Å². The lowest BCUT2D eigenvalue weighted by Crippen LogP contribution is -2.13. The van der Waals surface area contributed by atoms with E-state index in [1.54, 1.807) is 11.8 Å². The predicted octanol–water partition coefficient (Wildman–Crippen LogP) is 3.62. The van der Waals surface area contributed by atoms with E-state index >= 15 is 0 Å².